The number of nitrogens with zero attached hydrogens (tertiary/aromatic N) is 6. The van der Waals surface area contributed by atoms with Crippen LogP contribution in [0.3, 0.4) is 0 Å². The molecule has 0 bridgehead atoms. The maximum atomic E-state index is 11.8. The van der Waals surface area contributed by atoms with Gasteiger partial charge in [0.25, 0.3) is 0 Å². The van der Waals surface area contributed by atoms with Gasteiger partial charge in [0.1, 0.15) is 5.82 Å². The number of hydrogen-bond donors (Lipinski definition) is 2. The Bertz CT molecular complexity index is 1290. The standard InChI is InChI=1S/C23H31N7O4S2/c1-36(32,33)30-7-5-28(6-8-30)16-18-14-19-21(35-18)23(29-9-12-34-13-10-29)27-22(26-19)17-2-3-20(25-15-17)24-4-11-31/h2-3,14-15,31H,4-13,16H2,1H3,(H,24,25). The highest BCUT2D eigenvalue weighted by atomic mass is 32.2. The molecule has 11 nitrogen and oxygen atoms in total. The highest BCUT2D eigenvalue weighted by Gasteiger charge is 2.25. The van der Waals surface area contributed by atoms with E-state index in [0.717, 1.165) is 41.2 Å². The van der Waals surface area contributed by atoms with Gasteiger partial charge in [-0.2, -0.15) is 4.31 Å². The first-order chi connectivity index (χ1) is 17.4. The van der Waals surface area contributed by atoms with Gasteiger partial charge in [0.15, 0.2) is 11.6 Å². The number of hydrogen-bond acceptors (Lipinski definition) is 11. The fourth-order valence-corrected chi connectivity index (χ4v) is 6.40. The first-order valence-electron chi connectivity index (χ1n) is 12.0. The molecule has 0 spiro atoms. The molecule has 0 aromatic carbocycles. The summed E-state index contributed by atoms with van der Waals surface area (Å²) >= 11 is 1.70. The molecule has 0 unspecified atom stereocenters. The number of pyridine rings is 1. The van der Waals surface area contributed by atoms with Crippen molar-refractivity contribution in [3.8, 4) is 11.4 Å². The Morgan fingerprint density at radius 3 is 2.56 bits per heavy atom. The average molecular weight is 534 g/mol. The van der Waals surface area contributed by atoms with Crippen molar-refractivity contribution in [1.82, 2.24) is 24.2 Å². The Kier molecular flexibility index (Phi) is 7.65. The van der Waals surface area contributed by atoms with Crippen LogP contribution in [0.2, 0.25) is 0 Å². The average Bonchev–Trinajstić information content (AvgIpc) is 3.30. The molecular formula is C23H31N7O4S2. The summed E-state index contributed by atoms with van der Waals surface area (Å²) in [6.07, 6.45) is 3.02. The summed E-state index contributed by atoms with van der Waals surface area (Å²) in [5.41, 5.74) is 1.73. The van der Waals surface area contributed by atoms with Crippen LogP contribution >= 0.6 is 11.3 Å². The lowest BCUT2D eigenvalue weighted by Crippen LogP contribution is -2.47. The van der Waals surface area contributed by atoms with E-state index in [2.05, 4.69) is 26.2 Å². The monoisotopic (exact) mass is 533 g/mol. The van der Waals surface area contributed by atoms with Gasteiger partial charge in [-0.05, 0) is 18.2 Å². The second kappa shape index (κ2) is 10.9. The first-order valence-corrected chi connectivity index (χ1v) is 14.7. The number of rotatable bonds is 8. The molecule has 5 rings (SSSR count). The van der Waals surface area contributed by atoms with E-state index in [1.54, 1.807) is 21.8 Å². The zero-order valence-corrected chi connectivity index (χ0v) is 21.9. The van der Waals surface area contributed by atoms with Crippen molar-refractivity contribution >= 4 is 43.2 Å². The highest BCUT2D eigenvalue weighted by Crippen LogP contribution is 2.35. The van der Waals surface area contributed by atoms with E-state index in [9.17, 15) is 8.42 Å². The summed E-state index contributed by atoms with van der Waals surface area (Å²) in [6.45, 7) is 6.55. The van der Waals surface area contributed by atoms with Crippen molar-refractivity contribution in [2.24, 2.45) is 0 Å². The molecule has 3 aromatic rings. The third-order valence-corrected chi connectivity index (χ3v) is 8.74. The van der Waals surface area contributed by atoms with Gasteiger partial charge in [0, 0.05) is 69.0 Å². The number of thiophene rings is 1. The predicted molar refractivity (Wildman–Crippen MR) is 141 cm³/mol. The van der Waals surface area contributed by atoms with Crippen LogP contribution in [0.1, 0.15) is 4.88 Å². The van der Waals surface area contributed by atoms with Crippen molar-refractivity contribution in [3.63, 3.8) is 0 Å². The Morgan fingerprint density at radius 1 is 1.11 bits per heavy atom. The van der Waals surface area contributed by atoms with Gasteiger partial charge in [-0.1, -0.05) is 0 Å². The molecule has 2 saturated heterocycles. The summed E-state index contributed by atoms with van der Waals surface area (Å²) in [7, 11) is -3.14. The number of anilines is 2. The fraction of sp³-hybridized carbons (Fsp3) is 0.522. The van der Waals surface area contributed by atoms with Crippen LogP contribution in [0.15, 0.2) is 24.4 Å². The summed E-state index contributed by atoms with van der Waals surface area (Å²) in [5, 5.41) is 12.1. The minimum atomic E-state index is -3.14. The van der Waals surface area contributed by atoms with E-state index >= 15 is 0 Å². The maximum Gasteiger partial charge on any atom is 0.211 e. The molecule has 2 aliphatic rings. The molecule has 0 saturated carbocycles. The van der Waals surface area contributed by atoms with E-state index in [4.69, 9.17) is 19.8 Å². The lowest BCUT2D eigenvalue weighted by atomic mass is 10.2. The maximum absolute atomic E-state index is 11.8. The van der Waals surface area contributed by atoms with Crippen LogP contribution in [0.25, 0.3) is 21.6 Å². The number of aliphatic hydroxyl groups is 1. The second-order valence-electron chi connectivity index (χ2n) is 8.92. The van der Waals surface area contributed by atoms with E-state index < -0.39 is 10.0 Å². The summed E-state index contributed by atoms with van der Waals surface area (Å²) in [5.74, 6) is 2.23. The minimum absolute atomic E-state index is 0.0417. The fourth-order valence-electron chi connectivity index (χ4n) is 4.42. The Labute approximate surface area is 214 Å². The predicted octanol–water partition coefficient (Wildman–Crippen LogP) is 1.07. The van der Waals surface area contributed by atoms with E-state index in [0.29, 0.717) is 57.6 Å². The molecule has 0 amide bonds. The third kappa shape index (κ3) is 5.76. The first kappa shape index (κ1) is 25.2. The quantitative estimate of drug-likeness (QED) is 0.435. The molecule has 5 heterocycles. The summed E-state index contributed by atoms with van der Waals surface area (Å²) < 4.78 is 31.8. The van der Waals surface area contributed by atoms with Gasteiger partial charge >= 0.3 is 0 Å². The van der Waals surface area contributed by atoms with Crippen LogP contribution in [-0.4, -0.2) is 110 Å². The molecule has 2 N–H and O–H groups in total. The van der Waals surface area contributed by atoms with Crippen molar-refractivity contribution in [1.29, 1.82) is 0 Å². The van der Waals surface area contributed by atoms with Crippen LogP contribution in [-0.2, 0) is 21.3 Å². The van der Waals surface area contributed by atoms with Crippen LogP contribution < -0.4 is 10.2 Å². The molecule has 0 radical (unpaired) electrons. The van der Waals surface area contributed by atoms with Crippen molar-refractivity contribution in [2.45, 2.75) is 6.54 Å². The highest BCUT2D eigenvalue weighted by molar-refractivity contribution is 7.88. The zero-order chi connectivity index (χ0) is 25.1. The van der Waals surface area contributed by atoms with Gasteiger partial charge in [-0.3, -0.25) is 4.90 Å². The number of ether oxygens (including phenoxy) is 1. The molecular weight excluding hydrogens is 502 g/mol. The number of sulfonamides is 1. The Morgan fingerprint density at radius 2 is 1.89 bits per heavy atom. The molecule has 2 aliphatic heterocycles. The summed E-state index contributed by atoms with van der Waals surface area (Å²) in [4.78, 5) is 20.0. The number of aliphatic hydroxyl groups excluding tert-OH is 1. The lowest BCUT2D eigenvalue weighted by molar-refractivity contribution is 0.122. The molecule has 13 heteroatoms. The Hall–Kier alpha value is -2.42. The van der Waals surface area contributed by atoms with Crippen molar-refractivity contribution in [3.05, 3.63) is 29.3 Å². The SMILES string of the molecule is CS(=O)(=O)N1CCN(Cc2cc3nc(-c4ccc(NCCO)nc4)nc(N4CCOCC4)c3s2)CC1. The van der Waals surface area contributed by atoms with Crippen LogP contribution in [0.4, 0.5) is 11.6 Å². The molecule has 0 atom stereocenters. The van der Waals surface area contributed by atoms with Crippen LogP contribution in [0, 0.1) is 0 Å². The smallest absolute Gasteiger partial charge is 0.211 e. The van der Waals surface area contributed by atoms with Gasteiger partial charge in [0.05, 0.1) is 36.3 Å². The van der Waals surface area contributed by atoms with Gasteiger partial charge in [-0.25, -0.2) is 23.4 Å². The molecule has 194 valence electrons. The number of nitrogens with one attached hydrogen (secondary N) is 1. The van der Waals surface area contributed by atoms with Gasteiger partial charge in [-0.15, -0.1) is 11.3 Å². The normalized spacial score (nSPS) is 18.1. The minimum Gasteiger partial charge on any atom is -0.395 e. The largest absolute Gasteiger partial charge is 0.395 e. The number of fused-ring (bicyclic) bond motifs is 1. The lowest BCUT2D eigenvalue weighted by Gasteiger charge is -2.32. The van der Waals surface area contributed by atoms with E-state index in [-0.39, 0.29) is 6.61 Å². The third-order valence-electron chi connectivity index (χ3n) is 6.33. The molecule has 0 aliphatic carbocycles. The van der Waals surface area contributed by atoms with Crippen LogP contribution in [0.5, 0.6) is 0 Å². The van der Waals surface area contributed by atoms with Crippen molar-refractivity contribution < 1.29 is 18.3 Å². The number of morpholine rings is 1. The Balaban J connectivity index is 1.42. The number of piperazine rings is 1. The molecule has 3 aromatic heterocycles. The summed E-state index contributed by atoms with van der Waals surface area (Å²) in [6, 6.07) is 5.93. The topological polar surface area (TPSA) is 124 Å². The molecule has 36 heavy (non-hydrogen) atoms. The van der Waals surface area contributed by atoms with Gasteiger partial charge in [0.2, 0.25) is 10.0 Å². The van der Waals surface area contributed by atoms with Gasteiger partial charge < -0.3 is 20.1 Å². The van der Waals surface area contributed by atoms with E-state index in [1.807, 2.05) is 12.1 Å². The van der Waals surface area contributed by atoms with E-state index in [1.165, 1.54) is 11.1 Å². The second-order valence-corrected chi connectivity index (χ2v) is 12.0. The van der Waals surface area contributed by atoms with Crippen molar-refractivity contribution in [2.75, 3.05) is 82.1 Å². The zero-order valence-electron chi connectivity index (χ0n) is 20.3. The number of aromatic nitrogens is 3. The molecule has 2 fully saturated rings.